The Labute approximate surface area is 157 Å². The summed E-state index contributed by atoms with van der Waals surface area (Å²) in [5.74, 6) is -0.606. The molecule has 0 fully saturated rings. The van der Waals surface area contributed by atoms with Crippen LogP contribution >= 0.6 is 23.1 Å². The first-order chi connectivity index (χ1) is 12.6. The SMILES string of the molecule is CN(C(=O)/C(=C/c1cn[nH]c1-c1ccc(F)cc1)SC=N)c1nccs1. The molecule has 0 radical (unpaired) electrons. The second kappa shape index (κ2) is 8.07. The Hall–Kier alpha value is -2.78. The van der Waals surface area contributed by atoms with Gasteiger partial charge in [-0.3, -0.25) is 14.8 Å². The van der Waals surface area contributed by atoms with E-state index >= 15 is 0 Å². The number of halogens is 1. The molecule has 2 N–H and O–H groups in total. The van der Waals surface area contributed by atoms with E-state index in [1.807, 2.05) is 0 Å². The van der Waals surface area contributed by atoms with E-state index in [1.165, 1.54) is 28.4 Å². The number of thiazole rings is 1. The number of aromatic nitrogens is 3. The zero-order valence-corrected chi connectivity index (χ0v) is 15.3. The van der Waals surface area contributed by atoms with Crippen molar-refractivity contribution in [3.05, 3.63) is 58.3 Å². The highest BCUT2D eigenvalue weighted by molar-refractivity contribution is 8.16. The summed E-state index contributed by atoms with van der Waals surface area (Å²) in [6.45, 7) is 0. The van der Waals surface area contributed by atoms with Crippen LogP contribution in [-0.2, 0) is 4.79 Å². The molecule has 0 spiro atoms. The summed E-state index contributed by atoms with van der Waals surface area (Å²) >= 11 is 2.35. The Morgan fingerprint density at radius 2 is 2.15 bits per heavy atom. The number of likely N-dealkylation sites (N-methyl/N-ethyl adjacent to an activating group) is 1. The number of aromatic amines is 1. The van der Waals surface area contributed by atoms with Crippen LogP contribution in [0, 0.1) is 11.2 Å². The van der Waals surface area contributed by atoms with Gasteiger partial charge in [-0.1, -0.05) is 11.8 Å². The second-order valence-corrected chi connectivity index (χ2v) is 6.91. The fourth-order valence-corrected chi connectivity index (χ4v) is 3.40. The molecule has 9 heteroatoms. The monoisotopic (exact) mass is 387 g/mol. The average molecular weight is 387 g/mol. The highest BCUT2D eigenvalue weighted by atomic mass is 32.2. The number of H-pyrrole nitrogens is 1. The molecule has 6 nitrogen and oxygen atoms in total. The average Bonchev–Trinajstić information content (AvgIpc) is 3.33. The number of carbonyl (C=O) groups is 1. The molecule has 0 bridgehead atoms. The Balaban J connectivity index is 1.95. The zero-order valence-electron chi connectivity index (χ0n) is 13.6. The summed E-state index contributed by atoms with van der Waals surface area (Å²) in [5, 5.41) is 16.6. The Kier molecular flexibility index (Phi) is 5.59. The maximum Gasteiger partial charge on any atom is 0.266 e. The number of thioether (sulfide) groups is 1. The summed E-state index contributed by atoms with van der Waals surface area (Å²) in [4.78, 5) is 18.7. The summed E-state index contributed by atoms with van der Waals surface area (Å²) in [6.07, 6.45) is 4.86. The molecule has 0 saturated heterocycles. The number of hydrogen-bond donors (Lipinski definition) is 2. The van der Waals surface area contributed by atoms with Crippen molar-refractivity contribution in [3.8, 4) is 11.3 Å². The molecule has 3 aromatic rings. The predicted molar refractivity (Wildman–Crippen MR) is 104 cm³/mol. The van der Waals surface area contributed by atoms with Crippen LogP contribution < -0.4 is 4.90 Å². The Bertz CT molecular complexity index is 934. The number of rotatable bonds is 6. The number of nitrogens with one attached hydrogen (secondary N) is 2. The zero-order chi connectivity index (χ0) is 18.5. The van der Waals surface area contributed by atoms with Gasteiger partial charge in [0.25, 0.3) is 5.91 Å². The van der Waals surface area contributed by atoms with Gasteiger partial charge < -0.3 is 5.41 Å². The minimum absolute atomic E-state index is 0.278. The molecule has 2 aromatic heterocycles. The molecular formula is C17H14FN5OS2. The molecular weight excluding hydrogens is 373 g/mol. The smallest absolute Gasteiger partial charge is 0.266 e. The fraction of sp³-hybridized carbons (Fsp3) is 0.0588. The van der Waals surface area contributed by atoms with Crippen molar-refractivity contribution in [2.75, 3.05) is 11.9 Å². The fourth-order valence-electron chi connectivity index (χ4n) is 2.24. The highest BCUT2D eigenvalue weighted by Gasteiger charge is 2.19. The van der Waals surface area contributed by atoms with Crippen LogP contribution in [0.5, 0.6) is 0 Å². The normalized spacial score (nSPS) is 11.4. The molecule has 0 aliphatic carbocycles. The second-order valence-electron chi connectivity index (χ2n) is 5.13. The molecule has 1 aromatic carbocycles. The van der Waals surface area contributed by atoms with Crippen molar-refractivity contribution in [2.24, 2.45) is 0 Å². The quantitative estimate of drug-likeness (QED) is 0.380. The van der Waals surface area contributed by atoms with Crippen LogP contribution in [-0.4, -0.2) is 33.7 Å². The lowest BCUT2D eigenvalue weighted by Crippen LogP contribution is -2.26. The standard InChI is InChI=1S/C17H14FN5OS2/c1-23(17-20-6-7-25-17)16(24)14(26-10-19)8-12-9-21-22-15(12)11-2-4-13(18)5-3-11/h2-10,19H,1H3,(H,21,22)/b14-8-,19-10?. The van der Waals surface area contributed by atoms with E-state index in [0.717, 1.165) is 22.9 Å². The molecule has 3 rings (SSSR count). The van der Waals surface area contributed by atoms with E-state index in [2.05, 4.69) is 15.2 Å². The minimum Gasteiger partial charge on any atom is -0.302 e. The molecule has 0 aliphatic heterocycles. The maximum atomic E-state index is 13.1. The van der Waals surface area contributed by atoms with Gasteiger partial charge in [-0.15, -0.1) is 11.3 Å². The number of hydrogen-bond acceptors (Lipinski definition) is 6. The lowest BCUT2D eigenvalue weighted by atomic mass is 10.1. The summed E-state index contributed by atoms with van der Waals surface area (Å²) in [5.41, 5.74) is 3.17. The van der Waals surface area contributed by atoms with Crippen molar-refractivity contribution in [1.82, 2.24) is 15.2 Å². The summed E-state index contributed by atoms with van der Waals surface area (Å²) in [7, 11) is 1.63. The lowest BCUT2D eigenvalue weighted by molar-refractivity contribution is -0.114. The Morgan fingerprint density at radius 3 is 2.81 bits per heavy atom. The third-order valence-electron chi connectivity index (χ3n) is 3.50. The number of nitrogens with zero attached hydrogens (tertiary/aromatic N) is 3. The van der Waals surface area contributed by atoms with Crippen molar-refractivity contribution in [2.45, 2.75) is 0 Å². The lowest BCUT2D eigenvalue weighted by Gasteiger charge is -2.14. The molecule has 2 heterocycles. The van der Waals surface area contributed by atoms with Crippen LogP contribution in [0.4, 0.5) is 9.52 Å². The summed E-state index contributed by atoms with van der Waals surface area (Å²) in [6, 6.07) is 5.98. The first kappa shape index (κ1) is 18.0. The van der Waals surface area contributed by atoms with E-state index in [9.17, 15) is 9.18 Å². The molecule has 132 valence electrons. The molecule has 0 atom stereocenters. The first-order valence-electron chi connectivity index (χ1n) is 7.44. The van der Waals surface area contributed by atoms with E-state index in [1.54, 1.807) is 43.0 Å². The van der Waals surface area contributed by atoms with Gasteiger partial charge in [0, 0.05) is 29.8 Å². The van der Waals surface area contributed by atoms with Crippen molar-refractivity contribution < 1.29 is 9.18 Å². The number of amides is 1. The predicted octanol–water partition coefficient (Wildman–Crippen LogP) is 4.02. The molecule has 0 unspecified atom stereocenters. The van der Waals surface area contributed by atoms with Crippen molar-refractivity contribution >= 4 is 45.8 Å². The highest BCUT2D eigenvalue weighted by Crippen LogP contribution is 2.28. The van der Waals surface area contributed by atoms with Crippen LogP contribution in [0.25, 0.3) is 17.3 Å². The molecule has 0 saturated carbocycles. The van der Waals surface area contributed by atoms with Gasteiger partial charge in [0.05, 0.1) is 22.3 Å². The van der Waals surface area contributed by atoms with Crippen molar-refractivity contribution in [3.63, 3.8) is 0 Å². The van der Waals surface area contributed by atoms with E-state index in [0.29, 0.717) is 21.3 Å². The minimum atomic E-state index is -0.328. The molecule has 0 aliphatic rings. The Morgan fingerprint density at radius 1 is 1.38 bits per heavy atom. The number of benzene rings is 1. The van der Waals surface area contributed by atoms with Gasteiger partial charge >= 0.3 is 0 Å². The first-order valence-corrected chi connectivity index (χ1v) is 9.20. The van der Waals surface area contributed by atoms with Crippen LogP contribution in [0.15, 0.2) is 46.9 Å². The largest absolute Gasteiger partial charge is 0.302 e. The van der Waals surface area contributed by atoms with Gasteiger partial charge in [-0.2, -0.15) is 5.10 Å². The molecule has 26 heavy (non-hydrogen) atoms. The van der Waals surface area contributed by atoms with E-state index in [4.69, 9.17) is 5.41 Å². The number of anilines is 1. The third-order valence-corrected chi connectivity index (χ3v) is 5.01. The van der Waals surface area contributed by atoms with E-state index in [-0.39, 0.29) is 11.7 Å². The third kappa shape index (κ3) is 3.89. The van der Waals surface area contributed by atoms with Crippen LogP contribution in [0.3, 0.4) is 0 Å². The van der Waals surface area contributed by atoms with Crippen LogP contribution in [0.2, 0.25) is 0 Å². The van der Waals surface area contributed by atoms with Crippen molar-refractivity contribution in [1.29, 1.82) is 5.41 Å². The molecule has 1 amide bonds. The number of carbonyl (C=O) groups excluding carboxylic acids is 1. The van der Waals surface area contributed by atoms with E-state index < -0.39 is 0 Å². The van der Waals surface area contributed by atoms with Gasteiger partial charge in [0.2, 0.25) is 0 Å². The topological polar surface area (TPSA) is 85.7 Å². The van der Waals surface area contributed by atoms with Crippen LogP contribution in [0.1, 0.15) is 5.56 Å². The van der Waals surface area contributed by atoms with Gasteiger partial charge in [-0.05, 0) is 30.3 Å². The van der Waals surface area contributed by atoms with Gasteiger partial charge in [0.15, 0.2) is 5.13 Å². The van der Waals surface area contributed by atoms with Gasteiger partial charge in [0.1, 0.15) is 5.82 Å². The summed E-state index contributed by atoms with van der Waals surface area (Å²) < 4.78 is 13.1. The maximum absolute atomic E-state index is 13.1. The van der Waals surface area contributed by atoms with Gasteiger partial charge in [-0.25, -0.2) is 9.37 Å².